The molecule has 0 aliphatic heterocycles. The Labute approximate surface area is 120 Å². The number of aromatic nitrogens is 2. The van der Waals surface area contributed by atoms with Crippen molar-refractivity contribution < 1.29 is 19.1 Å². The zero-order chi connectivity index (χ0) is 15.2. The van der Waals surface area contributed by atoms with Crippen LogP contribution in [-0.2, 0) is 16.1 Å². The van der Waals surface area contributed by atoms with Gasteiger partial charge in [0.1, 0.15) is 5.82 Å². The molecule has 2 rings (SSSR count). The summed E-state index contributed by atoms with van der Waals surface area (Å²) in [5.41, 5.74) is 0.752. The number of carboxylic acids is 1. The van der Waals surface area contributed by atoms with E-state index in [9.17, 15) is 14.0 Å². The zero-order valence-corrected chi connectivity index (χ0v) is 11.1. The molecule has 2 N–H and O–H groups in total. The van der Waals surface area contributed by atoms with Crippen LogP contribution in [0.1, 0.15) is 18.4 Å². The summed E-state index contributed by atoms with van der Waals surface area (Å²) in [5.74, 6) is -1.42. The van der Waals surface area contributed by atoms with Gasteiger partial charge in [-0.3, -0.25) is 14.3 Å². The van der Waals surface area contributed by atoms with Crippen molar-refractivity contribution in [2.24, 2.45) is 0 Å². The first-order chi connectivity index (χ1) is 10.0. The van der Waals surface area contributed by atoms with E-state index < -0.39 is 11.9 Å². The Hall–Kier alpha value is -2.70. The molecule has 0 bridgehead atoms. The lowest BCUT2D eigenvalue weighted by Crippen LogP contribution is -2.14. The third-order valence-corrected chi connectivity index (χ3v) is 2.71. The standard InChI is InChI=1S/C14H14FN3O3/c15-11-3-1-2-10(8-11)9-18-7-6-12(17-18)16-13(19)4-5-14(20)21/h1-3,6-8H,4-5,9H2,(H,20,21)(H,16,17,19). The number of anilines is 1. The predicted molar refractivity (Wildman–Crippen MR) is 73.2 cm³/mol. The summed E-state index contributed by atoms with van der Waals surface area (Å²) in [4.78, 5) is 21.8. The number of carbonyl (C=O) groups is 2. The van der Waals surface area contributed by atoms with Crippen molar-refractivity contribution >= 4 is 17.7 Å². The van der Waals surface area contributed by atoms with Crippen LogP contribution in [0.2, 0.25) is 0 Å². The summed E-state index contributed by atoms with van der Waals surface area (Å²) in [7, 11) is 0. The van der Waals surface area contributed by atoms with Crippen molar-refractivity contribution in [2.45, 2.75) is 19.4 Å². The Kier molecular flexibility index (Phi) is 4.65. The summed E-state index contributed by atoms with van der Waals surface area (Å²) < 4.78 is 14.6. The minimum absolute atomic E-state index is 0.105. The van der Waals surface area contributed by atoms with Gasteiger partial charge in [0.05, 0.1) is 13.0 Å². The smallest absolute Gasteiger partial charge is 0.303 e. The number of aliphatic carboxylic acids is 1. The van der Waals surface area contributed by atoms with Gasteiger partial charge in [-0.1, -0.05) is 12.1 Å². The molecule has 0 saturated carbocycles. The van der Waals surface area contributed by atoms with Crippen LogP contribution < -0.4 is 5.32 Å². The highest BCUT2D eigenvalue weighted by Gasteiger charge is 2.08. The normalized spacial score (nSPS) is 10.3. The van der Waals surface area contributed by atoms with E-state index in [1.54, 1.807) is 29.1 Å². The molecule has 7 heteroatoms. The summed E-state index contributed by atoms with van der Waals surface area (Å²) in [6.07, 6.45) is 1.32. The Morgan fingerprint density at radius 3 is 2.81 bits per heavy atom. The number of rotatable bonds is 6. The van der Waals surface area contributed by atoms with Crippen molar-refractivity contribution in [1.82, 2.24) is 9.78 Å². The Morgan fingerprint density at radius 1 is 1.29 bits per heavy atom. The van der Waals surface area contributed by atoms with Crippen LogP contribution in [0.15, 0.2) is 36.5 Å². The second-order valence-corrected chi connectivity index (χ2v) is 4.47. The van der Waals surface area contributed by atoms with Crippen LogP contribution in [0.5, 0.6) is 0 Å². The maximum atomic E-state index is 13.1. The van der Waals surface area contributed by atoms with E-state index in [0.29, 0.717) is 12.4 Å². The molecule has 110 valence electrons. The molecule has 0 atom stereocenters. The molecule has 1 amide bonds. The summed E-state index contributed by atoms with van der Waals surface area (Å²) in [6.45, 7) is 0.378. The fourth-order valence-corrected chi connectivity index (χ4v) is 1.76. The average molecular weight is 291 g/mol. The van der Waals surface area contributed by atoms with Gasteiger partial charge in [-0.05, 0) is 17.7 Å². The number of hydrogen-bond donors (Lipinski definition) is 2. The Bertz CT molecular complexity index is 654. The van der Waals surface area contributed by atoms with E-state index in [2.05, 4.69) is 10.4 Å². The third-order valence-electron chi connectivity index (χ3n) is 2.71. The molecule has 0 unspecified atom stereocenters. The number of amides is 1. The number of nitrogens with zero attached hydrogens (tertiary/aromatic N) is 2. The first-order valence-electron chi connectivity index (χ1n) is 6.32. The summed E-state index contributed by atoms with van der Waals surface area (Å²) >= 11 is 0. The number of nitrogens with one attached hydrogen (secondary N) is 1. The van der Waals surface area contributed by atoms with Crippen LogP contribution >= 0.6 is 0 Å². The average Bonchev–Trinajstić information content (AvgIpc) is 2.83. The molecule has 6 nitrogen and oxygen atoms in total. The minimum atomic E-state index is -1.03. The van der Waals surface area contributed by atoms with Crippen LogP contribution in [0.25, 0.3) is 0 Å². The molecule has 21 heavy (non-hydrogen) atoms. The van der Waals surface area contributed by atoms with E-state index in [-0.39, 0.29) is 18.7 Å². The van der Waals surface area contributed by atoms with Crippen LogP contribution in [-0.4, -0.2) is 26.8 Å². The highest BCUT2D eigenvalue weighted by molar-refractivity contribution is 5.91. The largest absolute Gasteiger partial charge is 0.481 e. The van der Waals surface area contributed by atoms with Gasteiger partial charge >= 0.3 is 5.97 Å². The van der Waals surface area contributed by atoms with Crippen molar-refractivity contribution in [3.63, 3.8) is 0 Å². The van der Waals surface area contributed by atoms with E-state index in [4.69, 9.17) is 5.11 Å². The first kappa shape index (κ1) is 14.7. The van der Waals surface area contributed by atoms with Crippen molar-refractivity contribution in [3.8, 4) is 0 Å². The lowest BCUT2D eigenvalue weighted by atomic mass is 10.2. The van der Waals surface area contributed by atoms with Crippen LogP contribution in [0.3, 0.4) is 0 Å². The fraction of sp³-hybridized carbons (Fsp3) is 0.214. The van der Waals surface area contributed by atoms with E-state index >= 15 is 0 Å². The molecule has 0 spiro atoms. The first-order valence-corrected chi connectivity index (χ1v) is 6.32. The van der Waals surface area contributed by atoms with Gasteiger partial charge in [0, 0.05) is 18.7 Å². The fourth-order valence-electron chi connectivity index (χ4n) is 1.76. The molecule has 1 aromatic carbocycles. The van der Waals surface area contributed by atoms with Gasteiger partial charge < -0.3 is 10.4 Å². The van der Waals surface area contributed by atoms with Gasteiger partial charge in [-0.15, -0.1) is 0 Å². The second kappa shape index (κ2) is 6.65. The SMILES string of the molecule is O=C(O)CCC(=O)Nc1ccn(Cc2cccc(F)c2)n1. The molecular weight excluding hydrogens is 277 g/mol. The van der Waals surface area contributed by atoms with Crippen molar-refractivity contribution in [1.29, 1.82) is 0 Å². The molecule has 1 heterocycles. The monoisotopic (exact) mass is 291 g/mol. The topological polar surface area (TPSA) is 84.2 Å². The highest BCUT2D eigenvalue weighted by Crippen LogP contribution is 2.08. The zero-order valence-electron chi connectivity index (χ0n) is 11.1. The summed E-state index contributed by atoms with van der Waals surface area (Å²) in [5, 5.41) is 15.1. The number of benzene rings is 1. The van der Waals surface area contributed by atoms with E-state index in [1.165, 1.54) is 12.1 Å². The molecule has 0 radical (unpaired) electrons. The van der Waals surface area contributed by atoms with Crippen molar-refractivity contribution in [3.05, 3.63) is 47.9 Å². The predicted octanol–water partition coefficient (Wildman–Crippen LogP) is 1.87. The Balaban J connectivity index is 1.92. The molecule has 0 saturated heterocycles. The maximum absolute atomic E-state index is 13.1. The maximum Gasteiger partial charge on any atom is 0.303 e. The number of carboxylic acid groups (broad SMARTS) is 1. The Morgan fingerprint density at radius 2 is 2.10 bits per heavy atom. The molecule has 1 aromatic heterocycles. The minimum Gasteiger partial charge on any atom is -0.481 e. The molecule has 0 fully saturated rings. The van der Waals surface area contributed by atoms with Crippen LogP contribution in [0.4, 0.5) is 10.2 Å². The van der Waals surface area contributed by atoms with Gasteiger partial charge in [0.2, 0.25) is 5.91 Å². The van der Waals surface area contributed by atoms with Gasteiger partial charge in [-0.2, -0.15) is 5.10 Å². The molecule has 2 aromatic rings. The van der Waals surface area contributed by atoms with Crippen molar-refractivity contribution in [2.75, 3.05) is 5.32 Å². The van der Waals surface area contributed by atoms with Gasteiger partial charge in [-0.25, -0.2) is 4.39 Å². The summed E-state index contributed by atoms with van der Waals surface area (Å²) in [6, 6.07) is 7.75. The van der Waals surface area contributed by atoms with Gasteiger partial charge in [0.15, 0.2) is 5.82 Å². The second-order valence-electron chi connectivity index (χ2n) is 4.47. The lowest BCUT2D eigenvalue weighted by molar-refractivity contribution is -0.138. The quantitative estimate of drug-likeness (QED) is 0.851. The number of carbonyl (C=O) groups excluding carboxylic acids is 1. The van der Waals surface area contributed by atoms with E-state index in [1.807, 2.05) is 0 Å². The highest BCUT2D eigenvalue weighted by atomic mass is 19.1. The number of hydrogen-bond acceptors (Lipinski definition) is 3. The van der Waals surface area contributed by atoms with E-state index in [0.717, 1.165) is 5.56 Å². The molecule has 0 aliphatic rings. The third kappa shape index (κ3) is 4.72. The lowest BCUT2D eigenvalue weighted by Gasteiger charge is -2.02. The number of halogens is 1. The van der Waals surface area contributed by atoms with Gasteiger partial charge in [0.25, 0.3) is 0 Å². The van der Waals surface area contributed by atoms with Crippen LogP contribution in [0, 0.1) is 5.82 Å². The molecule has 0 aliphatic carbocycles. The molecular formula is C14H14FN3O3.